The van der Waals surface area contributed by atoms with Gasteiger partial charge in [0.05, 0.1) is 18.3 Å². The Balaban J connectivity index is 1.78. The first-order valence-corrected chi connectivity index (χ1v) is 8.55. The maximum Gasteiger partial charge on any atom is 0.322 e. The number of amides is 2. The number of para-hydroxylation sites is 2. The van der Waals surface area contributed by atoms with Crippen molar-refractivity contribution >= 4 is 11.7 Å². The molecule has 1 atom stereocenters. The van der Waals surface area contributed by atoms with E-state index in [1.54, 1.807) is 0 Å². The van der Waals surface area contributed by atoms with Crippen LogP contribution in [-0.4, -0.2) is 24.1 Å². The van der Waals surface area contributed by atoms with Gasteiger partial charge in [0.15, 0.2) is 0 Å². The second-order valence-corrected chi connectivity index (χ2v) is 6.07. The molecular formula is C20H24N2O2. The van der Waals surface area contributed by atoms with Crippen LogP contribution < -0.4 is 10.1 Å². The Morgan fingerprint density at radius 2 is 1.96 bits per heavy atom. The highest BCUT2D eigenvalue weighted by atomic mass is 16.5. The van der Waals surface area contributed by atoms with Crippen LogP contribution in [0.2, 0.25) is 0 Å². The fourth-order valence-electron chi connectivity index (χ4n) is 3.33. The number of hydrogen-bond donors (Lipinski definition) is 1. The molecule has 1 aliphatic rings. The second kappa shape index (κ2) is 7.39. The SMILES string of the molecule is CCOc1ccccc1NC(=O)N1CCC[C@@H]1c1ccccc1C. The van der Waals surface area contributed by atoms with Gasteiger partial charge in [-0.25, -0.2) is 4.79 Å². The number of benzene rings is 2. The van der Waals surface area contributed by atoms with E-state index in [0.717, 1.165) is 25.1 Å². The summed E-state index contributed by atoms with van der Waals surface area (Å²) in [5.41, 5.74) is 3.19. The minimum absolute atomic E-state index is 0.0621. The zero-order valence-electron chi connectivity index (χ0n) is 14.3. The molecule has 2 aromatic rings. The zero-order chi connectivity index (χ0) is 16.9. The Hall–Kier alpha value is -2.49. The molecule has 1 saturated heterocycles. The summed E-state index contributed by atoms with van der Waals surface area (Å²) in [4.78, 5) is 14.8. The van der Waals surface area contributed by atoms with Crippen molar-refractivity contribution < 1.29 is 9.53 Å². The van der Waals surface area contributed by atoms with E-state index in [1.165, 1.54) is 11.1 Å². The Morgan fingerprint density at radius 3 is 2.75 bits per heavy atom. The second-order valence-electron chi connectivity index (χ2n) is 6.07. The minimum Gasteiger partial charge on any atom is -0.492 e. The maximum absolute atomic E-state index is 12.8. The largest absolute Gasteiger partial charge is 0.492 e. The molecule has 1 heterocycles. The number of likely N-dealkylation sites (tertiary alicyclic amines) is 1. The van der Waals surface area contributed by atoms with Gasteiger partial charge in [0.2, 0.25) is 0 Å². The fourth-order valence-corrected chi connectivity index (χ4v) is 3.33. The average Bonchev–Trinajstić information content (AvgIpc) is 3.07. The molecule has 0 saturated carbocycles. The van der Waals surface area contributed by atoms with Gasteiger partial charge < -0.3 is 15.0 Å². The van der Waals surface area contributed by atoms with E-state index in [1.807, 2.05) is 48.2 Å². The topological polar surface area (TPSA) is 41.6 Å². The van der Waals surface area contributed by atoms with Gasteiger partial charge in [-0.05, 0) is 49.9 Å². The van der Waals surface area contributed by atoms with Gasteiger partial charge in [0, 0.05) is 6.54 Å². The van der Waals surface area contributed by atoms with Crippen molar-refractivity contribution in [2.45, 2.75) is 32.7 Å². The maximum atomic E-state index is 12.8. The van der Waals surface area contributed by atoms with Gasteiger partial charge >= 0.3 is 6.03 Å². The number of hydrogen-bond acceptors (Lipinski definition) is 2. The highest BCUT2D eigenvalue weighted by molar-refractivity contribution is 5.91. The third-order valence-electron chi connectivity index (χ3n) is 4.49. The third-order valence-corrected chi connectivity index (χ3v) is 4.49. The molecule has 126 valence electrons. The van der Waals surface area contributed by atoms with Crippen molar-refractivity contribution in [3.05, 3.63) is 59.7 Å². The van der Waals surface area contributed by atoms with Crippen LogP contribution in [0.5, 0.6) is 5.75 Å². The highest BCUT2D eigenvalue weighted by Crippen LogP contribution is 2.34. The first-order chi connectivity index (χ1) is 11.7. The van der Waals surface area contributed by atoms with Gasteiger partial charge in [-0.15, -0.1) is 0 Å². The van der Waals surface area contributed by atoms with Gasteiger partial charge in [-0.1, -0.05) is 36.4 Å². The number of aryl methyl sites for hydroxylation is 1. The molecule has 24 heavy (non-hydrogen) atoms. The smallest absolute Gasteiger partial charge is 0.322 e. The highest BCUT2D eigenvalue weighted by Gasteiger charge is 2.31. The number of carbonyl (C=O) groups is 1. The minimum atomic E-state index is -0.0621. The molecule has 3 rings (SSSR count). The van der Waals surface area contributed by atoms with E-state index < -0.39 is 0 Å². The molecule has 1 N–H and O–H groups in total. The first kappa shape index (κ1) is 16.4. The molecule has 0 aliphatic carbocycles. The number of nitrogens with one attached hydrogen (secondary N) is 1. The van der Waals surface area contributed by atoms with E-state index in [0.29, 0.717) is 12.4 Å². The molecule has 0 radical (unpaired) electrons. The first-order valence-electron chi connectivity index (χ1n) is 8.55. The summed E-state index contributed by atoms with van der Waals surface area (Å²) in [5, 5.41) is 3.02. The van der Waals surface area contributed by atoms with Crippen LogP contribution in [0, 0.1) is 6.92 Å². The predicted molar refractivity (Wildman–Crippen MR) is 96.5 cm³/mol. The van der Waals surface area contributed by atoms with Crippen molar-refractivity contribution in [1.29, 1.82) is 0 Å². The van der Waals surface area contributed by atoms with Crippen molar-refractivity contribution in [1.82, 2.24) is 4.90 Å². The lowest BCUT2D eigenvalue weighted by Crippen LogP contribution is -2.34. The molecule has 1 aliphatic heterocycles. The molecule has 0 unspecified atom stereocenters. The summed E-state index contributed by atoms with van der Waals surface area (Å²) >= 11 is 0. The number of nitrogens with zero attached hydrogens (tertiary/aromatic N) is 1. The monoisotopic (exact) mass is 324 g/mol. The van der Waals surface area contributed by atoms with Crippen molar-refractivity contribution in [2.24, 2.45) is 0 Å². The van der Waals surface area contributed by atoms with Crippen LogP contribution in [0.15, 0.2) is 48.5 Å². The number of ether oxygens (including phenoxy) is 1. The average molecular weight is 324 g/mol. The predicted octanol–water partition coefficient (Wildman–Crippen LogP) is 4.76. The fraction of sp³-hybridized carbons (Fsp3) is 0.350. The van der Waals surface area contributed by atoms with Gasteiger partial charge in [0.1, 0.15) is 5.75 Å². The van der Waals surface area contributed by atoms with Crippen molar-refractivity contribution in [3.63, 3.8) is 0 Å². The Bertz CT molecular complexity index is 714. The van der Waals surface area contributed by atoms with Crippen LogP contribution >= 0.6 is 0 Å². The lowest BCUT2D eigenvalue weighted by atomic mass is 9.99. The summed E-state index contributed by atoms with van der Waals surface area (Å²) in [7, 11) is 0. The molecule has 2 aromatic carbocycles. The van der Waals surface area contributed by atoms with Crippen LogP contribution in [0.1, 0.15) is 36.9 Å². The van der Waals surface area contributed by atoms with Crippen LogP contribution in [0.25, 0.3) is 0 Å². The van der Waals surface area contributed by atoms with E-state index in [9.17, 15) is 4.79 Å². The van der Waals surface area contributed by atoms with Crippen molar-refractivity contribution in [2.75, 3.05) is 18.5 Å². The normalized spacial score (nSPS) is 16.9. The molecule has 0 bridgehead atoms. The summed E-state index contributed by atoms with van der Waals surface area (Å²) in [5.74, 6) is 0.708. The molecular weight excluding hydrogens is 300 g/mol. The van der Waals surface area contributed by atoms with Crippen LogP contribution in [-0.2, 0) is 0 Å². The molecule has 2 amide bonds. The van der Waals surface area contributed by atoms with Crippen molar-refractivity contribution in [3.8, 4) is 5.75 Å². The van der Waals surface area contributed by atoms with E-state index >= 15 is 0 Å². The summed E-state index contributed by atoms with van der Waals surface area (Å²) in [6.07, 6.45) is 2.03. The standard InChI is InChI=1S/C20H24N2O2/c1-3-24-19-13-7-6-11-17(19)21-20(23)22-14-8-12-18(22)16-10-5-4-9-15(16)2/h4-7,9-11,13,18H,3,8,12,14H2,1-2H3,(H,21,23)/t18-/m1/s1. The zero-order valence-corrected chi connectivity index (χ0v) is 14.3. The van der Waals surface area contributed by atoms with E-state index in [2.05, 4.69) is 24.4 Å². The summed E-state index contributed by atoms with van der Waals surface area (Å²) in [6.45, 7) is 5.39. The molecule has 1 fully saturated rings. The quantitative estimate of drug-likeness (QED) is 0.880. The molecule has 0 spiro atoms. The number of urea groups is 1. The van der Waals surface area contributed by atoms with Gasteiger partial charge in [0.25, 0.3) is 0 Å². The number of anilines is 1. The van der Waals surface area contributed by atoms with Gasteiger partial charge in [-0.3, -0.25) is 0 Å². The van der Waals surface area contributed by atoms with Crippen LogP contribution in [0.4, 0.5) is 10.5 Å². The molecule has 4 heteroatoms. The Morgan fingerprint density at radius 1 is 1.21 bits per heavy atom. The lowest BCUT2D eigenvalue weighted by Gasteiger charge is -2.27. The third kappa shape index (κ3) is 3.37. The van der Waals surface area contributed by atoms with Gasteiger partial charge in [-0.2, -0.15) is 0 Å². The summed E-state index contributed by atoms with van der Waals surface area (Å²) < 4.78 is 5.60. The van der Waals surface area contributed by atoms with E-state index in [4.69, 9.17) is 4.74 Å². The van der Waals surface area contributed by atoms with E-state index in [-0.39, 0.29) is 12.1 Å². The number of rotatable bonds is 4. The Labute approximate surface area is 143 Å². The molecule has 4 nitrogen and oxygen atoms in total. The van der Waals surface area contributed by atoms with Crippen LogP contribution in [0.3, 0.4) is 0 Å². The molecule has 0 aromatic heterocycles. The lowest BCUT2D eigenvalue weighted by molar-refractivity contribution is 0.206. The summed E-state index contributed by atoms with van der Waals surface area (Å²) in [6, 6.07) is 16.0. The Kier molecular flexibility index (Phi) is 5.04. The number of carbonyl (C=O) groups excluding carboxylic acids is 1.